The standard InChI is InChI=1S/C24H21N5O3/c1-14-25-23(29-28-14)22(15-8-4-3-5-9-15)27-24(30)26-18-13-20-17(12-21(18)31-2)16-10-6-7-11-19(16)32-20/h3-13,22H,1-2H3,(H,25,28,29)(H2,26,27,30). The number of carbonyl (C=O) groups is 1. The number of hydrogen-bond acceptors (Lipinski definition) is 5. The molecule has 5 rings (SSSR count). The van der Waals surface area contributed by atoms with Gasteiger partial charge in [0.15, 0.2) is 5.82 Å². The van der Waals surface area contributed by atoms with Gasteiger partial charge in [0.05, 0.1) is 12.8 Å². The van der Waals surface area contributed by atoms with Crippen LogP contribution in [0.1, 0.15) is 23.3 Å². The first-order valence-electron chi connectivity index (χ1n) is 10.1. The second-order valence-electron chi connectivity index (χ2n) is 7.37. The fraction of sp³-hybridized carbons (Fsp3) is 0.125. The Kier molecular flexibility index (Phi) is 4.95. The Morgan fingerprint density at radius 2 is 1.81 bits per heavy atom. The number of carbonyl (C=O) groups excluding carboxylic acids is 1. The molecule has 0 aliphatic heterocycles. The third-order valence-corrected chi connectivity index (χ3v) is 5.23. The fourth-order valence-corrected chi connectivity index (χ4v) is 3.74. The van der Waals surface area contributed by atoms with E-state index in [2.05, 4.69) is 25.8 Å². The van der Waals surface area contributed by atoms with Gasteiger partial charge in [0.1, 0.15) is 28.8 Å². The van der Waals surface area contributed by atoms with Gasteiger partial charge in [0.25, 0.3) is 0 Å². The first-order chi connectivity index (χ1) is 15.6. The maximum absolute atomic E-state index is 13.0. The van der Waals surface area contributed by atoms with Crippen molar-refractivity contribution in [3.63, 3.8) is 0 Å². The molecule has 0 radical (unpaired) electrons. The minimum absolute atomic E-state index is 0.421. The molecule has 8 nitrogen and oxygen atoms in total. The van der Waals surface area contributed by atoms with E-state index in [9.17, 15) is 4.79 Å². The van der Waals surface area contributed by atoms with Gasteiger partial charge in [0.2, 0.25) is 0 Å². The molecule has 2 heterocycles. The number of nitrogens with one attached hydrogen (secondary N) is 3. The molecule has 1 atom stereocenters. The molecule has 8 heteroatoms. The number of ether oxygens (including phenoxy) is 1. The number of amides is 2. The average molecular weight is 427 g/mol. The molecule has 0 bridgehead atoms. The van der Waals surface area contributed by atoms with Gasteiger partial charge in [-0.3, -0.25) is 5.10 Å². The van der Waals surface area contributed by atoms with E-state index >= 15 is 0 Å². The number of aryl methyl sites for hydroxylation is 1. The van der Waals surface area contributed by atoms with Crippen LogP contribution in [0.4, 0.5) is 10.5 Å². The third kappa shape index (κ3) is 3.62. The predicted octanol–water partition coefficient (Wildman–Crippen LogP) is 4.93. The highest BCUT2D eigenvalue weighted by Gasteiger charge is 2.22. The molecule has 5 aromatic rings. The summed E-state index contributed by atoms with van der Waals surface area (Å²) in [5.74, 6) is 1.67. The van der Waals surface area contributed by atoms with E-state index in [4.69, 9.17) is 9.15 Å². The quantitative estimate of drug-likeness (QED) is 0.369. The molecule has 0 fully saturated rings. The number of H-pyrrole nitrogens is 1. The Hall–Kier alpha value is -4.33. The molecule has 0 saturated carbocycles. The Morgan fingerprint density at radius 3 is 2.56 bits per heavy atom. The van der Waals surface area contributed by atoms with Gasteiger partial charge in [-0.25, -0.2) is 9.78 Å². The SMILES string of the molecule is COc1cc2c(cc1NC(=O)NC(c1ccccc1)c1n[nH]c(C)n1)oc1ccccc12. The van der Waals surface area contributed by atoms with Crippen LogP contribution in [0.5, 0.6) is 5.75 Å². The van der Waals surface area contributed by atoms with Crippen molar-refractivity contribution in [1.29, 1.82) is 0 Å². The zero-order valence-corrected chi connectivity index (χ0v) is 17.5. The zero-order chi connectivity index (χ0) is 22.1. The van der Waals surface area contributed by atoms with Crippen LogP contribution < -0.4 is 15.4 Å². The smallest absolute Gasteiger partial charge is 0.320 e. The van der Waals surface area contributed by atoms with E-state index in [0.717, 1.165) is 21.9 Å². The molecule has 2 aromatic heterocycles. The summed E-state index contributed by atoms with van der Waals surface area (Å²) in [6.07, 6.45) is 0. The summed E-state index contributed by atoms with van der Waals surface area (Å²) < 4.78 is 11.5. The maximum atomic E-state index is 13.0. The summed E-state index contributed by atoms with van der Waals surface area (Å²) in [5, 5.41) is 14.8. The molecule has 3 N–H and O–H groups in total. The molecule has 0 spiro atoms. The highest BCUT2D eigenvalue weighted by atomic mass is 16.5. The number of benzene rings is 3. The fourth-order valence-electron chi connectivity index (χ4n) is 3.74. The topological polar surface area (TPSA) is 105 Å². The number of aromatic nitrogens is 3. The van der Waals surface area contributed by atoms with Crippen molar-refractivity contribution >= 4 is 33.7 Å². The van der Waals surface area contributed by atoms with Crippen LogP contribution >= 0.6 is 0 Å². The lowest BCUT2D eigenvalue weighted by Gasteiger charge is -2.17. The van der Waals surface area contributed by atoms with Crippen LogP contribution in [0.3, 0.4) is 0 Å². The summed E-state index contributed by atoms with van der Waals surface area (Å²) in [6, 6.07) is 20.0. The first-order valence-corrected chi connectivity index (χ1v) is 10.1. The molecular weight excluding hydrogens is 406 g/mol. The highest BCUT2D eigenvalue weighted by molar-refractivity contribution is 6.07. The molecule has 2 amide bonds. The van der Waals surface area contributed by atoms with Gasteiger partial charge >= 0.3 is 6.03 Å². The molecule has 1 unspecified atom stereocenters. The number of para-hydroxylation sites is 1. The van der Waals surface area contributed by atoms with Crippen molar-refractivity contribution in [1.82, 2.24) is 20.5 Å². The highest BCUT2D eigenvalue weighted by Crippen LogP contribution is 2.36. The lowest BCUT2D eigenvalue weighted by atomic mass is 10.1. The van der Waals surface area contributed by atoms with E-state index in [0.29, 0.717) is 28.7 Å². The number of fused-ring (bicyclic) bond motifs is 3. The Balaban J connectivity index is 1.46. The monoisotopic (exact) mass is 427 g/mol. The number of nitrogens with zero attached hydrogens (tertiary/aromatic N) is 2. The molecule has 3 aromatic carbocycles. The summed E-state index contributed by atoms with van der Waals surface area (Å²) in [4.78, 5) is 17.4. The summed E-state index contributed by atoms with van der Waals surface area (Å²) in [7, 11) is 1.57. The number of rotatable bonds is 5. The van der Waals surface area contributed by atoms with Crippen LogP contribution in [0.2, 0.25) is 0 Å². The lowest BCUT2D eigenvalue weighted by Crippen LogP contribution is -2.34. The second kappa shape index (κ2) is 8.07. The normalized spacial score (nSPS) is 12.1. The summed E-state index contributed by atoms with van der Waals surface area (Å²) in [5.41, 5.74) is 2.79. The number of furan rings is 1. The summed E-state index contributed by atoms with van der Waals surface area (Å²) >= 11 is 0. The largest absolute Gasteiger partial charge is 0.495 e. The van der Waals surface area contributed by atoms with Crippen molar-refractivity contribution in [3.8, 4) is 5.75 Å². The maximum Gasteiger partial charge on any atom is 0.320 e. The summed E-state index contributed by atoms with van der Waals surface area (Å²) in [6.45, 7) is 1.81. The Morgan fingerprint density at radius 1 is 1.03 bits per heavy atom. The van der Waals surface area contributed by atoms with Crippen LogP contribution in [-0.4, -0.2) is 28.3 Å². The van der Waals surface area contributed by atoms with Gasteiger partial charge in [-0.05, 0) is 24.6 Å². The van der Waals surface area contributed by atoms with Crippen molar-refractivity contribution in [2.75, 3.05) is 12.4 Å². The zero-order valence-electron chi connectivity index (χ0n) is 17.5. The van der Waals surface area contributed by atoms with Crippen molar-refractivity contribution in [3.05, 3.63) is 83.9 Å². The number of anilines is 1. The molecule has 160 valence electrons. The van der Waals surface area contributed by atoms with Gasteiger partial charge in [-0.1, -0.05) is 48.5 Å². The molecule has 0 aliphatic rings. The van der Waals surface area contributed by atoms with Crippen molar-refractivity contribution in [2.45, 2.75) is 13.0 Å². The Labute approximate surface area is 183 Å². The van der Waals surface area contributed by atoms with Gasteiger partial charge in [0, 0.05) is 16.8 Å². The molecule has 0 aliphatic carbocycles. The first kappa shape index (κ1) is 19.6. The lowest BCUT2D eigenvalue weighted by molar-refractivity contribution is 0.249. The number of aromatic amines is 1. The van der Waals surface area contributed by atoms with Crippen molar-refractivity contribution < 1.29 is 13.9 Å². The van der Waals surface area contributed by atoms with Crippen molar-refractivity contribution in [2.24, 2.45) is 0 Å². The minimum Gasteiger partial charge on any atom is -0.495 e. The molecule has 32 heavy (non-hydrogen) atoms. The number of hydrogen-bond donors (Lipinski definition) is 3. The van der Waals surface area contributed by atoms with E-state index in [1.165, 1.54) is 0 Å². The third-order valence-electron chi connectivity index (χ3n) is 5.23. The minimum atomic E-state index is -0.526. The van der Waals surface area contributed by atoms with E-state index in [1.54, 1.807) is 13.2 Å². The van der Waals surface area contributed by atoms with E-state index in [1.807, 2.05) is 67.6 Å². The van der Waals surface area contributed by atoms with Crippen LogP contribution in [0, 0.1) is 6.92 Å². The molecular formula is C24H21N5O3. The number of methoxy groups -OCH3 is 1. The molecule has 0 saturated heterocycles. The average Bonchev–Trinajstić information content (AvgIpc) is 3.40. The van der Waals surface area contributed by atoms with Crippen LogP contribution in [0.25, 0.3) is 21.9 Å². The van der Waals surface area contributed by atoms with E-state index in [-0.39, 0.29) is 0 Å². The van der Waals surface area contributed by atoms with Crippen LogP contribution in [0.15, 0.2) is 71.1 Å². The second-order valence-corrected chi connectivity index (χ2v) is 7.37. The van der Waals surface area contributed by atoms with Gasteiger partial charge in [-0.2, -0.15) is 5.10 Å². The van der Waals surface area contributed by atoms with Gasteiger partial charge in [-0.15, -0.1) is 0 Å². The predicted molar refractivity (Wildman–Crippen MR) is 122 cm³/mol. The van der Waals surface area contributed by atoms with Crippen LogP contribution in [-0.2, 0) is 0 Å². The Bertz CT molecular complexity index is 1410. The van der Waals surface area contributed by atoms with E-state index < -0.39 is 12.1 Å². The number of urea groups is 1. The van der Waals surface area contributed by atoms with Gasteiger partial charge < -0.3 is 19.8 Å².